The summed E-state index contributed by atoms with van der Waals surface area (Å²) < 4.78 is 1.56. The van der Waals surface area contributed by atoms with Crippen LogP contribution in [-0.2, 0) is 0 Å². The monoisotopic (exact) mass is 307 g/mol. The topological polar surface area (TPSA) is 122 Å². The summed E-state index contributed by atoms with van der Waals surface area (Å²) in [4.78, 5) is 19.6. The van der Waals surface area contributed by atoms with Crippen LogP contribution >= 0.6 is 0 Å². The molecule has 2 heterocycles. The van der Waals surface area contributed by atoms with E-state index in [0.29, 0.717) is 28.3 Å². The lowest BCUT2D eigenvalue weighted by Gasteiger charge is -2.09. The zero-order valence-corrected chi connectivity index (χ0v) is 12.0. The Hall–Kier alpha value is -3.55. The van der Waals surface area contributed by atoms with Crippen LogP contribution < -0.4 is 11.1 Å². The van der Waals surface area contributed by atoms with Gasteiger partial charge in [-0.2, -0.15) is 5.10 Å². The van der Waals surface area contributed by atoms with Gasteiger partial charge in [-0.1, -0.05) is 6.58 Å². The Morgan fingerprint density at radius 2 is 2.04 bits per heavy atom. The van der Waals surface area contributed by atoms with E-state index in [4.69, 9.17) is 11.1 Å². The molecule has 4 N–H and O–H groups in total. The quantitative estimate of drug-likeness (QED) is 0.618. The number of nitrogens with zero attached hydrogens (tertiary/aromatic N) is 4. The molecule has 1 aromatic carbocycles. The normalized spacial score (nSPS) is 10.4. The van der Waals surface area contributed by atoms with Gasteiger partial charge in [-0.25, -0.2) is 14.5 Å². The van der Waals surface area contributed by atoms with Gasteiger partial charge in [0.05, 0.1) is 11.9 Å². The molecule has 0 spiro atoms. The summed E-state index contributed by atoms with van der Waals surface area (Å²) in [5, 5.41) is 14.5. The van der Waals surface area contributed by atoms with Crippen molar-refractivity contribution in [1.29, 1.82) is 5.41 Å². The molecule has 0 atom stereocenters. The molecular formula is C15H13N7O. The highest BCUT2D eigenvalue weighted by Crippen LogP contribution is 2.21. The van der Waals surface area contributed by atoms with Gasteiger partial charge in [-0.15, -0.1) is 0 Å². The number of allylic oxidation sites excluding steroid dienone is 1. The predicted octanol–water partition coefficient (Wildman–Crippen LogP) is 1.63. The first kappa shape index (κ1) is 14.4. The maximum Gasteiger partial charge on any atom is 0.248 e. The van der Waals surface area contributed by atoms with Crippen molar-refractivity contribution in [2.45, 2.75) is 0 Å². The lowest BCUT2D eigenvalue weighted by atomic mass is 10.2. The molecule has 0 aliphatic rings. The van der Waals surface area contributed by atoms with Crippen molar-refractivity contribution < 1.29 is 4.79 Å². The average molecular weight is 307 g/mol. The second-order valence-corrected chi connectivity index (χ2v) is 4.72. The van der Waals surface area contributed by atoms with Crippen LogP contribution in [0.25, 0.3) is 11.2 Å². The van der Waals surface area contributed by atoms with Gasteiger partial charge >= 0.3 is 0 Å². The van der Waals surface area contributed by atoms with E-state index in [2.05, 4.69) is 27.0 Å². The third-order valence-corrected chi connectivity index (χ3v) is 3.24. The summed E-state index contributed by atoms with van der Waals surface area (Å²) >= 11 is 0. The second kappa shape index (κ2) is 5.68. The summed E-state index contributed by atoms with van der Waals surface area (Å²) in [6.45, 7) is 3.78. The molecule has 0 unspecified atom stereocenters. The minimum Gasteiger partial charge on any atom is -0.366 e. The Kier molecular flexibility index (Phi) is 3.55. The molecule has 23 heavy (non-hydrogen) atoms. The molecule has 114 valence electrons. The number of rotatable bonds is 5. The van der Waals surface area contributed by atoms with Crippen molar-refractivity contribution in [3.05, 3.63) is 54.6 Å². The molecule has 0 fully saturated rings. The van der Waals surface area contributed by atoms with Gasteiger partial charge in [-0.05, 0) is 24.3 Å². The number of hydrogen-bond donors (Lipinski definition) is 3. The Morgan fingerprint density at radius 3 is 2.70 bits per heavy atom. The molecule has 0 radical (unpaired) electrons. The van der Waals surface area contributed by atoms with Crippen LogP contribution in [0.2, 0.25) is 0 Å². The number of nitrogens with one attached hydrogen (secondary N) is 2. The molecule has 3 aromatic rings. The third kappa shape index (κ3) is 2.64. The molecule has 8 heteroatoms. The number of hydrogen-bond acceptors (Lipinski definition) is 6. The first-order valence-corrected chi connectivity index (χ1v) is 6.65. The Bertz CT molecular complexity index is 911. The number of benzene rings is 1. The van der Waals surface area contributed by atoms with Crippen molar-refractivity contribution in [3.63, 3.8) is 0 Å². The average Bonchev–Trinajstić information content (AvgIpc) is 3.05. The molecule has 0 saturated carbocycles. The molecule has 0 saturated heterocycles. The summed E-state index contributed by atoms with van der Waals surface area (Å²) in [6, 6.07) is 6.69. The minimum atomic E-state index is -0.482. The molecule has 0 aliphatic heterocycles. The molecule has 0 aliphatic carbocycles. The van der Waals surface area contributed by atoms with E-state index in [1.165, 1.54) is 6.33 Å². The summed E-state index contributed by atoms with van der Waals surface area (Å²) in [7, 11) is 0. The summed E-state index contributed by atoms with van der Waals surface area (Å²) in [5.74, 6) is 0.0138. The maximum atomic E-state index is 11.1. The number of carbonyl (C=O) groups excluding carboxylic acids is 1. The number of fused-ring (bicyclic) bond motifs is 1. The lowest BCUT2D eigenvalue weighted by molar-refractivity contribution is 0.100. The van der Waals surface area contributed by atoms with Crippen LogP contribution in [0.1, 0.15) is 16.1 Å². The Morgan fingerprint density at radius 1 is 1.30 bits per heavy atom. The highest BCUT2D eigenvalue weighted by molar-refractivity contribution is 6.06. The number of anilines is 2. The van der Waals surface area contributed by atoms with Crippen LogP contribution in [0.15, 0.2) is 43.4 Å². The maximum absolute atomic E-state index is 11.1. The molecule has 2 aromatic heterocycles. The van der Waals surface area contributed by atoms with Crippen molar-refractivity contribution in [2.24, 2.45) is 5.73 Å². The first-order valence-electron chi connectivity index (χ1n) is 6.65. The number of primary amides is 1. The van der Waals surface area contributed by atoms with Crippen LogP contribution in [0.5, 0.6) is 0 Å². The van der Waals surface area contributed by atoms with Crippen molar-refractivity contribution in [3.8, 4) is 0 Å². The fourth-order valence-electron chi connectivity index (χ4n) is 2.05. The van der Waals surface area contributed by atoms with E-state index in [-0.39, 0.29) is 0 Å². The number of aromatic nitrogens is 4. The van der Waals surface area contributed by atoms with Gasteiger partial charge in [0.15, 0.2) is 11.5 Å². The molecule has 3 rings (SSSR count). The van der Waals surface area contributed by atoms with Crippen LogP contribution in [-0.4, -0.2) is 31.7 Å². The van der Waals surface area contributed by atoms with Crippen molar-refractivity contribution >= 4 is 34.8 Å². The van der Waals surface area contributed by atoms with Crippen LogP contribution in [0.4, 0.5) is 11.5 Å². The summed E-state index contributed by atoms with van der Waals surface area (Å²) in [5.41, 5.74) is 7.93. The van der Waals surface area contributed by atoms with Gasteiger partial charge in [0.2, 0.25) is 5.91 Å². The highest BCUT2D eigenvalue weighted by Gasteiger charge is 2.11. The lowest BCUT2D eigenvalue weighted by Crippen LogP contribution is -2.10. The number of amides is 1. The molecule has 8 nitrogen and oxygen atoms in total. The molecule has 1 amide bonds. The summed E-state index contributed by atoms with van der Waals surface area (Å²) in [6.07, 6.45) is 4.10. The zero-order chi connectivity index (χ0) is 16.4. The Labute approximate surface area is 131 Å². The highest BCUT2D eigenvalue weighted by atomic mass is 16.1. The Balaban J connectivity index is 1.98. The van der Waals surface area contributed by atoms with E-state index in [9.17, 15) is 4.79 Å². The molecular weight excluding hydrogens is 294 g/mol. The zero-order valence-electron chi connectivity index (χ0n) is 12.0. The smallest absolute Gasteiger partial charge is 0.248 e. The van der Waals surface area contributed by atoms with E-state index in [0.717, 1.165) is 11.9 Å². The third-order valence-electron chi connectivity index (χ3n) is 3.24. The van der Waals surface area contributed by atoms with Gasteiger partial charge in [0.25, 0.3) is 0 Å². The van der Waals surface area contributed by atoms with Gasteiger partial charge in [0.1, 0.15) is 6.33 Å². The van der Waals surface area contributed by atoms with Crippen molar-refractivity contribution in [2.75, 3.05) is 5.32 Å². The largest absolute Gasteiger partial charge is 0.366 e. The van der Waals surface area contributed by atoms with E-state index < -0.39 is 5.91 Å². The van der Waals surface area contributed by atoms with E-state index >= 15 is 0 Å². The van der Waals surface area contributed by atoms with E-state index in [1.807, 2.05) is 0 Å². The standard InChI is InChI=1S/C15H13N7O/c1-9(6-16)12-7-18-14(15-19-8-20-22(12)15)21-11-4-2-10(3-5-11)13(17)23/h2-8,16H,1H2,(H2,17,23)(H,18,21). The first-order chi connectivity index (χ1) is 11.1. The van der Waals surface area contributed by atoms with Gasteiger partial charge in [0, 0.05) is 23.0 Å². The molecule has 0 bridgehead atoms. The number of nitrogens with two attached hydrogens (primary N) is 1. The SMILES string of the molecule is C=C(C=N)c1cnc(Nc2ccc(C(N)=O)cc2)c2ncnn12. The minimum absolute atomic E-state index is 0.425. The second-order valence-electron chi connectivity index (χ2n) is 4.72. The van der Waals surface area contributed by atoms with E-state index in [1.54, 1.807) is 35.0 Å². The van der Waals surface area contributed by atoms with Crippen LogP contribution in [0.3, 0.4) is 0 Å². The fourth-order valence-corrected chi connectivity index (χ4v) is 2.05. The number of carbonyl (C=O) groups is 1. The van der Waals surface area contributed by atoms with Crippen LogP contribution in [0, 0.1) is 5.41 Å². The van der Waals surface area contributed by atoms with Gasteiger partial charge in [-0.3, -0.25) is 4.79 Å². The van der Waals surface area contributed by atoms with Gasteiger partial charge < -0.3 is 16.5 Å². The predicted molar refractivity (Wildman–Crippen MR) is 86.8 cm³/mol. The fraction of sp³-hybridized carbons (Fsp3) is 0. The van der Waals surface area contributed by atoms with Crippen molar-refractivity contribution in [1.82, 2.24) is 19.6 Å².